The molecule has 5 nitrogen and oxygen atoms in total. The Balaban J connectivity index is 2.06. The summed E-state index contributed by atoms with van der Waals surface area (Å²) in [4.78, 5) is 19.7. The molecule has 0 aliphatic rings. The summed E-state index contributed by atoms with van der Waals surface area (Å²) < 4.78 is 0. The highest BCUT2D eigenvalue weighted by molar-refractivity contribution is 5.93. The largest absolute Gasteiger partial charge is 0.290 e. The van der Waals surface area contributed by atoms with E-state index in [1.54, 1.807) is 6.20 Å². The van der Waals surface area contributed by atoms with E-state index in [1.165, 1.54) is 6.33 Å². The van der Waals surface area contributed by atoms with E-state index in [1.807, 2.05) is 12.1 Å². The van der Waals surface area contributed by atoms with E-state index in [2.05, 4.69) is 27.1 Å². The molecule has 0 fully saturated rings. The molecule has 0 aliphatic heterocycles. The lowest BCUT2D eigenvalue weighted by Crippen LogP contribution is -2.07. The maximum Gasteiger partial charge on any atom is 0.205 e. The number of aromatic nitrogens is 4. The molecule has 0 radical (unpaired) electrons. The molecule has 0 aromatic carbocycles. The van der Waals surface area contributed by atoms with Crippen LogP contribution in [-0.2, 0) is 12.8 Å². The molecule has 5 heteroatoms. The number of rotatable bonds is 4. The van der Waals surface area contributed by atoms with E-state index < -0.39 is 0 Å². The van der Waals surface area contributed by atoms with Crippen molar-refractivity contribution in [3.05, 3.63) is 41.7 Å². The molecule has 1 N–H and O–H groups in total. The number of carbonyl (C=O) groups excluding carboxylic acids is 1. The molecule has 82 valence electrons. The van der Waals surface area contributed by atoms with Crippen LogP contribution in [0, 0.1) is 0 Å². The fourth-order valence-electron chi connectivity index (χ4n) is 1.36. The van der Waals surface area contributed by atoms with Gasteiger partial charge in [0, 0.05) is 11.9 Å². The van der Waals surface area contributed by atoms with Crippen molar-refractivity contribution in [2.24, 2.45) is 0 Å². The Bertz CT molecular complexity index is 461. The van der Waals surface area contributed by atoms with E-state index in [9.17, 15) is 4.79 Å². The summed E-state index contributed by atoms with van der Waals surface area (Å²) in [7, 11) is 0. The first-order chi connectivity index (χ1) is 7.79. The molecular weight excluding hydrogens is 204 g/mol. The first-order valence-electron chi connectivity index (χ1n) is 5.12. The number of hydrogen-bond donors (Lipinski definition) is 1. The van der Waals surface area contributed by atoms with Crippen LogP contribution in [0.3, 0.4) is 0 Å². The van der Waals surface area contributed by atoms with Crippen LogP contribution < -0.4 is 0 Å². The van der Waals surface area contributed by atoms with E-state index in [4.69, 9.17) is 0 Å². The molecule has 2 heterocycles. The Kier molecular flexibility index (Phi) is 3.05. The molecule has 2 aromatic rings. The third-order valence-electron chi connectivity index (χ3n) is 2.32. The van der Waals surface area contributed by atoms with Crippen LogP contribution in [-0.4, -0.2) is 25.9 Å². The van der Waals surface area contributed by atoms with Crippen molar-refractivity contribution in [1.82, 2.24) is 20.2 Å². The van der Waals surface area contributed by atoms with Crippen molar-refractivity contribution in [2.75, 3.05) is 0 Å². The third-order valence-corrected chi connectivity index (χ3v) is 2.32. The van der Waals surface area contributed by atoms with Gasteiger partial charge in [-0.05, 0) is 18.1 Å². The number of ketones is 1. The number of hydrogen-bond acceptors (Lipinski definition) is 4. The van der Waals surface area contributed by atoms with Gasteiger partial charge in [-0.1, -0.05) is 13.0 Å². The topological polar surface area (TPSA) is 71.5 Å². The predicted molar refractivity (Wildman–Crippen MR) is 58.0 cm³/mol. The van der Waals surface area contributed by atoms with Crippen LogP contribution in [0.25, 0.3) is 0 Å². The number of pyridine rings is 1. The standard InChI is InChI=1S/C11H12N4O/c1-2-8-3-4-9(12-6-8)5-10(16)11-13-7-14-15-11/h3-4,6-7H,2,5H2,1H3,(H,13,14,15). The van der Waals surface area contributed by atoms with Gasteiger partial charge in [0.25, 0.3) is 0 Å². The van der Waals surface area contributed by atoms with Crippen molar-refractivity contribution >= 4 is 5.78 Å². The minimum atomic E-state index is -0.103. The summed E-state index contributed by atoms with van der Waals surface area (Å²) in [6, 6.07) is 3.85. The number of nitrogens with one attached hydrogen (secondary N) is 1. The number of aryl methyl sites for hydroxylation is 1. The molecule has 0 unspecified atom stereocenters. The highest BCUT2D eigenvalue weighted by Gasteiger charge is 2.10. The number of aromatic amines is 1. The van der Waals surface area contributed by atoms with Crippen LogP contribution in [0.4, 0.5) is 0 Å². The summed E-state index contributed by atoms with van der Waals surface area (Å²) in [5, 5.41) is 6.18. The number of H-pyrrole nitrogens is 1. The first kappa shape index (κ1) is 10.5. The van der Waals surface area contributed by atoms with Crippen molar-refractivity contribution in [2.45, 2.75) is 19.8 Å². The smallest absolute Gasteiger partial charge is 0.205 e. The molecule has 0 amide bonds. The second kappa shape index (κ2) is 4.65. The Morgan fingerprint density at radius 3 is 2.81 bits per heavy atom. The van der Waals surface area contributed by atoms with Crippen molar-refractivity contribution in [3.63, 3.8) is 0 Å². The van der Waals surface area contributed by atoms with Crippen LogP contribution in [0.15, 0.2) is 24.7 Å². The lowest BCUT2D eigenvalue weighted by molar-refractivity contribution is 0.0982. The van der Waals surface area contributed by atoms with Gasteiger partial charge in [0.15, 0.2) is 5.82 Å². The molecule has 0 atom stereocenters. The van der Waals surface area contributed by atoms with Gasteiger partial charge in [-0.3, -0.25) is 14.9 Å². The van der Waals surface area contributed by atoms with Gasteiger partial charge in [-0.15, -0.1) is 0 Å². The fourth-order valence-corrected chi connectivity index (χ4v) is 1.36. The molecule has 2 aromatic heterocycles. The monoisotopic (exact) mass is 216 g/mol. The van der Waals surface area contributed by atoms with Gasteiger partial charge in [0.05, 0.1) is 6.42 Å². The summed E-state index contributed by atoms with van der Waals surface area (Å²) in [6.07, 6.45) is 4.31. The molecule has 0 aliphatic carbocycles. The quantitative estimate of drug-likeness (QED) is 0.779. The van der Waals surface area contributed by atoms with E-state index in [-0.39, 0.29) is 18.0 Å². The molecule has 2 rings (SSSR count). The van der Waals surface area contributed by atoms with Crippen molar-refractivity contribution in [3.8, 4) is 0 Å². The normalized spacial score (nSPS) is 10.3. The maximum absolute atomic E-state index is 11.7. The maximum atomic E-state index is 11.7. The molecule has 0 saturated carbocycles. The van der Waals surface area contributed by atoms with Crippen LogP contribution in [0.2, 0.25) is 0 Å². The van der Waals surface area contributed by atoms with Gasteiger partial charge in [0.1, 0.15) is 6.33 Å². The number of Topliss-reactive ketones (excluding diaryl/α,β-unsaturated/α-hetero) is 1. The van der Waals surface area contributed by atoms with Gasteiger partial charge in [0.2, 0.25) is 5.78 Å². The van der Waals surface area contributed by atoms with Crippen LogP contribution >= 0.6 is 0 Å². The highest BCUT2D eigenvalue weighted by atomic mass is 16.1. The molecule has 0 bridgehead atoms. The Hall–Kier alpha value is -2.04. The zero-order valence-corrected chi connectivity index (χ0v) is 8.97. The zero-order chi connectivity index (χ0) is 11.4. The Labute approximate surface area is 92.9 Å². The van der Waals surface area contributed by atoms with Crippen LogP contribution in [0.5, 0.6) is 0 Å². The number of nitrogens with zero attached hydrogens (tertiary/aromatic N) is 3. The molecular formula is C11H12N4O. The summed E-state index contributed by atoms with van der Waals surface area (Å²) in [6.45, 7) is 2.07. The number of carbonyl (C=O) groups is 1. The van der Waals surface area contributed by atoms with E-state index in [0.29, 0.717) is 0 Å². The molecule has 0 saturated heterocycles. The molecule has 16 heavy (non-hydrogen) atoms. The van der Waals surface area contributed by atoms with Gasteiger partial charge >= 0.3 is 0 Å². The van der Waals surface area contributed by atoms with Crippen molar-refractivity contribution < 1.29 is 4.79 Å². The minimum Gasteiger partial charge on any atom is -0.290 e. The van der Waals surface area contributed by atoms with Gasteiger partial charge in [-0.25, -0.2) is 4.98 Å². The zero-order valence-electron chi connectivity index (χ0n) is 8.97. The second-order valence-electron chi connectivity index (χ2n) is 3.45. The lowest BCUT2D eigenvalue weighted by Gasteiger charge is -1.99. The average Bonchev–Trinajstić information content (AvgIpc) is 2.83. The summed E-state index contributed by atoms with van der Waals surface area (Å²) in [5.74, 6) is 0.176. The van der Waals surface area contributed by atoms with Gasteiger partial charge in [-0.2, -0.15) is 5.10 Å². The summed E-state index contributed by atoms with van der Waals surface area (Å²) in [5.41, 5.74) is 1.91. The average molecular weight is 216 g/mol. The SMILES string of the molecule is CCc1ccc(CC(=O)c2ncn[nH]2)nc1. The predicted octanol–water partition coefficient (Wildman–Crippen LogP) is 1.19. The van der Waals surface area contributed by atoms with E-state index >= 15 is 0 Å². The second-order valence-corrected chi connectivity index (χ2v) is 3.45. The Morgan fingerprint density at radius 2 is 2.25 bits per heavy atom. The minimum absolute atomic E-state index is 0.103. The van der Waals surface area contributed by atoms with Gasteiger partial charge < -0.3 is 0 Å². The van der Waals surface area contributed by atoms with Crippen molar-refractivity contribution in [1.29, 1.82) is 0 Å². The van der Waals surface area contributed by atoms with E-state index in [0.717, 1.165) is 17.7 Å². The van der Waals surface area contributed by atoms with Crippen LogP contribution in [0.1, 0.15) is 28.8 Å². The summed E-state index contributed by atoms with van der Waals surface area (Å²) >= 11 is 0. The fraction of sp³-hybridized carbons (Fsp3) is 0.273. The lowest BCUT2D eigenvalue weighted by atomic mass is 10.1. The third kappa shape index (κ3) is 2.31. The Morgan fingerprint density at radius 1 is 1.38 bits per heavy atom. The molecule has 0 spiro atoms. The highest BCUT2D eigenvalue weighted by Crippen LogP contribution is 2.04. The first-order valence-corrected chi connectivity index (χ1v) is 5.12.